The van der Waals surface area contributed by atoms with Crippen molar-refractivity contribution in [2.75, 3.05) is 31.9 Å². The van der Waals surface area contributed by atoms with Gasteiger partial charge in [0.05, 0.1) is 0 Å². The van der Waals surface area contributed by atoms with Crippen molar-refractivity contribution in [3.8, 4) is 0 Å². The SMILES string of the molecule is CCCCCCC(C)Nc1ccc(NC(C)CCCCCC)cc1.c1cc(NC2CCCCC2)ccc1NC1CCCCC1.c1ccc(Nc2ccc(Nc3ccccc3)cc2)cc1. The molecule has 2 aliphatic rings. The van der Waals surface area contributed by atoms with Crippen LogP contribution in [0.25, 0.3) is 0 Å². The van der Waals surface area contributed by atoms with Gasteiger partial charge in [-0.2, -0.15) is 0 Å². The molecule has 2 fully saturated rings. The Hall–Kier alpha value is -5.10. The predicted octanol–water partition coefficient (Wildman–Crippen LogP) is 17.6. The highest BCUT2D eigenvalue weighted by Gasteiger charge is 2.14. The summed E-state index contributed by atoms with van der Waals surface area (Å²) in [6.45, 7) is 9.11. The molecule has 0 aliphatic heterocycles. The summed E-state index contributed by atoms with van der Waals surface area (Å²) in [5.41, 5.74) is 9.38. The largest absolute Gasteiger partial charge is 0.383 e. The third-order valence-electron chi connectivity index (χ3n) is 12.5. The van der Waals surface area contributed by atoms with Crippen LogP contribution in [0.5, 0.6) is 0 Å². The molecule has 2 aliphatic carbocycles. The fourth-order valence-corrected chi connectivity index (χ4v) is 8.77. The molecule has 6 nitrogen and oxygen atoms in total. The third-order valence-corrected chi connectivity index (χ3v) is 12.5. The molecular formula is C58H84N6. The number of benzene rings is 5. The van der Waals surface area contributed by atoms with E-state index in [9.17, 15) is 0 Å². The van der Waals surface area contributed by atoms with E-state index in [1.54, 1.807) is 0 Å². The summed E-state index contributed by atoms with van der Waals surface area (Å²) in [6.07, 6.45) is 27.0. The summed E-state index contributed by atoms with van der Waals surface area (Å²) in [7, 11) is 0. The normalized spacial score (nSPS) is 14.9. The number of nitrogens with one attached hydrogen (secondary N) is 6. The van der Waals surface area contributed by atoms with Gasteiger partial charge in [0.15, 0.2) is 0 Å². The lowest BCUT2D eigenvalue weighted by Gasteiger charge is -2.25. The molecule has 6 heteroatoms. The van der Waals surface area contributed by atoms with Crippen molar-refractivity contribution >= 4 is 45.5 Å². The van der Waals surface area contributed by atoms with Gasteiger partial charge in [-0.3, -0.25) is 0 Å². The first-order valence-electron chi connectivity index (χ1n) is 25.5. The van der Waals surface area contributed by atoms with Gasteiger partial charge in [0.2, 0.25) is 0 Å². The zero-order valence-corrected chi connectivity index (χ0v) is 40.2. The van der Waals surface area contributed by atoms with E-state index >= 15 is 0 Å². The van der Waals surface area contributed by atoms with Crippen LogP contribution in [0.2, 0.25) is 0 Å². The van der Waals surface area contributed by atoms with Gasteiger partial charge in [-0.05, 0) is 149 Å². The molecule has 0 bridgehead atoms. The molecule has 2 unspecified atom stereocenters. The smallest absolute Gasteiger partial charge is 0.0385 e. The maximum atomic E-state index is 3.68. The van der Waals surface area contributed by atoms with Gasteiger partial charge >= 0.3 is 0 Å². The van der Waals surface area contributed by atoms with Crippen molar-refractivity contribution in [3.05, 3.63) is 133 Å². The number of hydrogen-bond acceptors (Lipinski definition) is 6. The Morgan fingerprint density at radius 3 is 1.02 bits per heavy atom. The Labute approximate surface area is 389 Å². The zero-order chi connectivity index (χ0) is 44.9. The molecule has 2 atom stereocenters. The Morgan fingerprint density at radius 1 is 0.359 bits per heavy atom. The number of para-hydroxylation sites is 2. The number of rotatable bonds is 22. The highest BCUT2D eigenvalue weighted by Crippen LogP contribution is 2.26. The fourth-order valence-electron chi connectivity index (χ4n) is 8.77. The second kappa shape index (κ2) is 30.1. The summed E-state index contributed by atoms with van der Waals surface area (Å²) in [4.78, 5) is 0. The molecule has 0 amide bonds. The Kier molecular flexibility index (Phi) is 23.5. The van der Waals surface area contributed by atoms with Gasteiger partial charge in [0, 0.05) is 69.7 Å². The van der Waals surface area contributed by atoms with Gasteiger partial charge < -0.3 is 31.9 Å². The predicted molar refractivity (Wildman–Crippen MR) is 283 cm³/mol. The van der Waals surface area contributed by atoms with Crippen molar-refractivity contribution in [2.24, 2.45) is 0 Å². The van der Waals surface area contributed by atoms with Crippen LogP contribution >= 0.6 is 0 Å². The molecule has 346 valence electrons. The van der Waals surface area contributed by atoms with Crippen molar-refractivity contribution in [1.82, 2.24) is 0 Å². The minimum absolute atomic E-state index is 0.554. The van der Waals surface area contributed by atoms with Gasteiger partial charge in [-0.1, -0.05) is 140 Å². The summed E-state index contributed by atoms with van der Waals surface area (Å²) < 4.78 is 0. The molecule has 0 radical (unpaired) electrons. The Balaban J connectivity index is 0.000000181. The van der Waals surface area contributed by atoms with Crippen molar-refractivity contribution in [1.29, 1.82) is 0 Å². The summed E-state index contributed by atoms with van der Waals surface area (Å²) in [5, 5.41) is 21.3. The fraction of sp³-hybridized carbons (Fsp3) is 0.483. The van der Waals surface area contributed by atoms with E-state index in [0.29, 0.717) is 24.2 Å². The van der Waals surface area contributed by atoms with Gasteiger partial charge in [-0.25, -0.2) is 0 Å². The molecule has 0 saturated heterocycles. The first-order valence-corrected chi connectivity index (χ1v) is 25.5. The van der Waals surface area contributed by atoms with Crippen molar-refractivity contribution in [3.63, 3.8) is 0 Å². The van der Waals surface area contributed by atoms with Gasteiger partial charge in [0.25, 0.3) is 0 Å². The van der Waals surface area contributed by atoms with Crippen LogP contribution in [0.4, 0.5) is 45.5 Å². The minimum Gasteiger partial charge on any atom is -0.383 e. The van der Waals surface area contributed by atoms with E-state index in [2.05, 4.69) is 157 Å². The molecule has 0 aromatic heterocycles. The lowest BCUT2D eigenvalue weighted by atomic mass is 9.95. The van der Waals surface area contributed by atoms with Crippen molar-refractivity contribution < 1.29 is 0 Å². The van der Waals surface area contributed by atoms with Crippen LogP contribution in [0.15, 0.2) is 133 Å². The average molecular weight is 865 g/mol. The lowest BCUT2D eigenvalue weighted by molar-refractivity contribution is 0.462. The van der Waals surface area contributed by atoms with E-state index in [0.717, 1.165) is 22.7 Å². The van der Waals surface area contributed by atoms with E-state index < -0.39 is 0 Å². The Bertz CT molecular complexity index is 1730. The maximum Gasteiger partial charge on any atom is 0.0385 e. The number of unbranched alkanes of at least 4 members (excludes halogenated alkanes) is 6. The summed E-state index contributed by atoms with van der Waals surface area (Å²) >= 11 is 0. The van der Waals surface area contributed by atoms with E-state index in [4.69, 9.17) is 0 Å². The standard InChI is InChI=1S/C22H40N2.C18H28N2.C18H16N2/c1-5-7-9-11-13-19(3)23-21-15-17-22(18-16-21)24-20(4)14-12-10-8-6-2;2*1-3-7-15(8-4-1)19-17-11-13-18(14-12-17)20-16-9-5-2-6-10-16/h15-20,23-24H,5-14H2,1-4H3;11-16,19-20H,1-10H2;1-14,19-20H. The zero-order valence-electron chi connectivity index (χ0n) is 40.2. The van der Waals surface area contributed by atoms with E-state index in [1.807, 2.05) is 36.4 Å². The minimum atomic E-state index is 0.554. The highest BCUT2D eigenvalue weighted by molar-refractivity contribution is 5.66. The molecular weight excluding hydrogens is 781 g/mol. The molecule has 5 aromatic rings. The molecule has 2 saturated carbocycles. The molecule has 64 heavy (non-hydrogen) atoms. The first kappa shape index (κ1) is 49.9. The second-order valence-corrected chi connectivity index (χ2v) is 18.5. The van der Waals surface area contributed by atoms with E-state index in [1.165, 1.54) is 151 Å². The molecule has 6 N–H and O–H groups in total. The van der Waals surface area contributed by atoms with Crippen LogP contribution < -0.4 is 31.9 Å². The van der Waals surface area contributed by atoms with Crippen LogP contribution in [0, 0.1) is 0 Å². The third kappa shape index (κ3) is 20.6. The monoisotopic (exact) mass is 865 g/mol. The summed E-state index contributed by atoms with van der Waals surface area (Å²) in [6, 6.07) is 48.8. The topological polar surface area (TPSA) is 72.2 Å². The number of anilines is 8. The maximum absolute atomic E-state index is 3.68. The molecule has 7 rings (SSSR count). The van der Waals surface area contributed by atoms with E-state index in [-0.39, 0.29) is 0 Å². The Morgan fingerprint density at radius 2 is 0.672 bits per heavy atom. The van der Waals surface area contributed by atoms with Crippen LogP contribution in [-0.2, 0) is 0 Å². The van der Waals surface area contributed by atoms with Crippen LogP contribution in [0.1, 0.15) is 156 Å². The molecule has 0 spiro atoms. The van der Waals surface area contributed by atoms with Crippen molar-refractivity contribution in [2.45, 2.75) is 180 Å². The quantitative estimate of drug-likeness (QED) is 0.0390. The summed E-state index contributed by atoms with van der Waals surface area (Å²) in [5.74, 6) is 0. The van der Waals surface area contributed by atoms with Crippen LogP contribution in [-0.4, -0.2) is 24.2 Å². The van der Waals surface area contributed by atoms with Crippen LogP contribution in [0.3, 0.4) is 0 Å². The molecule has 0 heterocycles. The van der Waals surface area contributed by atoms with Gasteiger partial charge in [-0.15, -0.1) is 0 Å². The average Bonchev–Trinajstić information content (AvgIpc) is 3.33. The number of hydrogen-bond donors (Lipinski definition) is 6. The molecule has 5 aromatic carbocycles. The first-order chi connectivity index (χ1) is 31.4. The highest BCUT2D eigenvalue weighted by atomic mass is 14.9. The lowest BCUT2D eigenvalue weighted by Crippen LogP contribution is -2.23. The van der Waals surface area contributed by atoms with Gasteiger partial charge in [0.1, 0.15) is 0 Å². The second-order valence-electron chi connectivity index (χ2n) is 18.5.